The summed E-state index contributed by atoms with van der Waals surface area (Å²) in [6.07, 6.45) is 1.12. The van der Waals surface area contributed by atoms with Crippen molar-refractivity contribution in [1.29, 1.82) is 0 Å². The number of aryl methyl sites for hydroxylation is 2. The van der Waals surface area contributed by atoms with Crippen molar-refractivity contribution in [2.45, 2.75) is 19.9 Å². The third-order valence-corrected chi connectivity index (χ3v) is 3.09. The van der Waals surface area contributed by atoms with Gasteiger partial charge in [0.25, 0.3) is 0 Å². The van der Waals surface area contributed by atoms with E-state index >= 15 is 0 Å². The molecule has 80 valence electrons. The lowest BCUT2D eigenvalue weighted by molar-refractivity contribution is 0.677. The summed E-state index contributed by atoms with van der Waals surface area (Å²) in [5.74, 6) is 0. The molecule has 3 nitrogen and oxygen atoms in total. The van der Waals surface area contributed by atoms with Gasteiger partial charge in [-0.1, -0.05) is 27.5 Å². The van der Waals surface area contributed by atoms with Crippen LogP contribution in [0.4, 0.5) is 0 Å². The van der Waals surface area contributed by atoms with Crippen LogP contribution in [0.5, 0.6) is 0 Å². The van der Waals surface area contributed by atoms with Crippen molar-refractivity contribution < 1.29 is 0 Å². The molecule has 1 aromatic rings. The summed E-state index contributed by atoms with van der Waals surface area (Å²) in [6, 6.07) is 0. The predicted molar refractivity (Wildman–Crippen MR) is 63.1 cm³/mol. The topological polar surface area (TPSA) is 29.9 Å². The maximum atomic E-state index is 6.08. The summed E-state index contributed by atoms with van der Waals surface area (Å²) in [7, 11) is 1.86. The van der Waals surface area contributed by atoms with Crippen LogP contribution in [-0.4, -0.2) is 21.7 Å². The smallest absolute Gasteiger partial charge is 0.131 e. The van der Waals surface area contributed by atoms with Gasteiger partial charge in [0.1, 0.15) is 5.15 Å². The number of halogens is 2. The third kappa shape index (κ3) is 2.97. The fourth-order valence-electron chi connectivity index (χ4n) is 1.28. The monoisotopic (exact) mass is 279 g/mol. The normalized spacial score (nSPS) is 10.9. The molecule has 0 unspecified atom stereocenters. The Morgan fingerprint density at radius 1 is 1.57 bits per heavy atom. The van der Waals surface area contributed by atoms with Crippen LogP contribution in [0.3, 0.4) is 0 Å². The Kier molecular flexibility index (Phi) is 4.92. The highest BCUT2D eigenvalue weighted by molar-refractivity contribution is 9.09. The molecule has 0 aliphatic rings. The molecule has 1 heterocycles. The van der Waals surface area contributed by atoms with Crippen LogP contribution in [0, 0.1) is 6.92 Å². The molecule has 14 heavy (non-hydrogen) atoms. The fraction of sp³-hybridized carbons (Fsp3) is 0.667. The second-order valence-electron chi connectivity index (χ2n) is 3.20. The highest BCUT2D eigenvalue weighted by Crippen LogP contribution is 2.17. The lowest BCUT2D eigenvalue weighted by Crippen LogP contribution is -2.15. The summed E-state index contributed by atoms with van der Waals surface area (Å²) < 4.78 is 1.71. The zero-order valence-corrected chi connectivity index (χ0v) is 10.8. The molecule has 1 aromatic heterocycles. The molecular formula is C9H15BrClN3. The molecule has 0 saturated heterocycles. The molecule has 0 aliphatic heterocycles. The van der Waals surface area contributed by atoms with E-state index in [2.05, 4.69) is 26.3 Å². The van der Waals surface area contributed by atoms with Gasteiger partial charge in [0.2, 0.25) is 0 Å². The first-order chi connectivity index (χ1) is 6.66. The lowest BCUT2D eigenvalue weighted by Gasteiger charge is -2.02. The van der Waals surface area contributed by atoms with Crippen LogP contribution >= 0.6 is 27.5 Å². The van der Waals surface area contributed by atoms with Gasteiger partial charge in [-0.3, -0.25) is 4.68 Å². The standard InChI is InChI=1S/C9H15BrClN3/c1-7-8(6-12-5-3-4-10)9(11)14(2)13-7/h12H,3-6H2,1-2H3. The van der Waals surface area contributed by atoms with Crippen LogP contribution in [0.1, 0.15) is 17.7 Å². The summed E-state index contributed by atoms with van der Waals surface area (Å²) >= 11 is 9.46. The molecule has 0 spiro atoms. The minimum atomic E-state index is 0.730. The average molecular weight is 281 g/mol. The highest BCUT2D eigenvalue weighted by Gasteiger charge is 2.09. The second kappa shape index (κ2) is 5.73. The van der Waals surface area contributed by atoms with Crippen molar-refractivity contribution in [3.05, 3.63) is 16.4 Å². The number of nitrogens with zero attached hydrogens (tertiary/aromatic N) is 2. The van der Waals surface area contributed by atoms with E-state index in [1.807, 2.05) is 14.0 Å². The Bertz CT molecular complexity index is 298. The molecule has 0 amide bonds. The molecule has 0 aliphatic carbocycles. The first-order valence-electron chi connectivity index (χ1n) is 4.61. The van der Waals surface area contributed by atoms with Gasteiger partial charge >= 0.3 is 0 Å². The lowest BCUT2D eigenvalue weighted by atomic mass is 10.2. The summed E-state index contributed by atoms with van der Waals surface area (Å²) in [5.41, 5.74) is 2.10. The maximum absolute atomic E-state index is 6.08. The van der Waals surface area contributed by atoms with E-state index < -0.39 is 0 Å². The Hall–Kier alpha value is -0.0600. The van der Waals surface area contributed by atoms with Gasteiger partial charge in [-0.05, 0) is 19.9 Å². The van der Waals surface area contributed by atoms with E-state index in [1.165, 1.54) is 0 Å². The van der Waals surface area contributed by atoms with Crippen molar-refractivity contribution >= 4 is 27.5 Å². The maximum Gasteiger partial charge on any atom is 0.131 e. The van der Waals surface area contributed by atoms with Gasteiger partial charge in [-0.2, -0.15) is 5.10 Å². The van der Waals surface area contributed by atoms with Crippen molar-refractivity contribution in [2.75, 3.05) is 11.9 Å². The van der Waals surface area contributed by atoms with Crippen molar-refractivity contribution in [2.24, 2.45) is 7.05 Å². The molecular weight excluding hydrogens is 265 g/mol. The van der Waals surface area contributed by atoms with Crippen LogP contribution in [0.15, 0.2) is 0 Å². The minimum absolute atomic E-state index is 0.730. The number of hydrogen-bond donors (Lipinski definition) is 1. The predicted octanol–water partition coefficient (Wildman–Crippen LogP) is 2.26. The van der Waals surface area contributed by atoms with E-state index in [9.17, 15) is 0 Å². The quantitative estimate of drug-likeness (QED) is 0.662. The summed E-state index contributed by atoms with van der Waals surface area (Å²) in [4.78, 5) is 0. The van der Waals surface area contributed by atoms with Gasteiger partial charge in [-0.25, -0.2) is 0 Å². The number of nitrogens with one attached hydrogen (secondary N) is 1. The molecule has 0 aromatic carbocycles. The fourth-order valence-corrected chi connectivity index (χ4v) is 1.80. The number of hydrogen-bond acceptors (Lipinski definition) is 2. The van der Waals surface area contributed by atoms with Gasteiger partial charge in [0.15, 0.2) is 0 Å². The molecule has 0 bridgehead atoms. The van der Waals surface area contributed by atoms with Crippen LogP contribution in [0.2, 0.25) is 5.15 Å². The summed E-state index contributed by atoms with van der Waals surface area (Å²) in [6.45, 7) is 3.77. The van der Waals surface area contributed by atoms with Gasteiger partial charge in [-0.15, -0.1) is 0 Å². The number of alkyl halides is 1. The van der Waals surface area contributed by atoms with Crippen molar-refractivity contribution in [3.8, 4) is 0 Å². The zero-order chi connectivity index (χ0) is 10.6. The van der Waals surface area contributed by atoms with E-state index in [0.717, 1.165) is 41.3 Å². The zero-order valence-electron chi connectivity index (χ0n) is 8.48. The minimum Gasteiger partial charge on any atom is -0.312 e. The van der Waals surface area contributed by atoms with Gasteiger partial charge < -0.3 is 5.32 Å². The van der Waals surface area contributed by atoms with Crippen LogP contribution in [0.25, 0.3) is 0 Å². The van der Waals surface area contributed by atoms with Gasteiger partial charge in [0, 0.05) is 24.5 Å². The molecule has 0 radical (unpaired) electrons. The number of rotatable bonds is 5. The van der Waals surface area contributed by atoms with E-state index in [1.54, 1.807) is 4.68 Å². The molecule has 0 saturated carbocycles. The Balaban J connectivity index is 2.49. The van der Waals surface area contributed by atoms with Crippen molar-refractivity contribution in [1.82, 2.24) is 15.1 Å². The van der Waals surface area contributed by atoms with E-state index in [4.69, 9.17) is 11.6 Å². The Morgan fingerprint density at radius 2 is 2.29 bits per heavy atom. The number of aromatic nitrogens is 2. The van der Waals surface area contributed by atoms with Gasteiger partial charge in [0.05, 0.1) is 5.69 Å². The first kappa shape index (κ1) is 12.0. The average Bonchev–Trinajstić information content (AvgIpc) is 2.38. The summed E-state index contributed by atoms with van der Waals surface area (Å²) in [5, 5.41) is 9.33. The Labute approximate surface area is 97.9 Å². The molecule has 0 fully saturated rings. The SMILES string of the molecule is Cc1nn(C)c(Cl)c1CNCCCBr. The van der Waals surface area contributed by atoms with Crippen LogP contribution in [-0.2, 0) is 13.6 Å². The van der Waals surface area contributed by atoms with Crippen LogP contribution < -0.4 is 5.32 Å². The second-order valence-corrected chi connectivity index (χ2v) is 4.35. The molecule has 1 N–H and O–H groups in total. The molecule has 1 rings (SSSR count). The third-order valence-electron chi connectivity index (χ3n) is 2.06. The largest absolute Gasteiger partial charge is 0.312 e. The first-order valence-corrected chi connectivity index (χ1v) is 6.11. The van der Waals surface area contributed by atoms with E-state index in [0.29, 0.717) is 0 Å². The highest BCUT2D eigenvalue weighted by atomic mass is 79.9. The van der Waals surface area contributed by atoms with Crippen molar-refractivity contribution in [3.63, 3.8) is 0 Å². The Morgan fingerprint density at radius 3 is 2.79 bits per heavy atom. The molecule has 0 atom stereocenters. The molecule has 5 heteroatoms. The van der Waals surface area contributed by atoms with E-state index in [-0.39, 0.29) is 0 Å².